The van der Waals surface area contributed by atoms with Crippen molar-refractivity contribution >= 4 is 17.6 Å². The maximum absolute atomic E-state index is 7.64. The first kappa shape index (κ1) is 13.5. The molecule has 0 amide bonds. The molecular weight excluding hydrogens is 256 g/mol. The monoisotopic (exact) mass is 272 g/mol. The van der Waals surface area contributed by atoms with Gasteiger partial charge in [-0.05, 0) is 37.3 Å². The predicted molar refractivity (Wildman–Crippen MR) is 79.3 cm³/mol. The molecule has 0 saturated heterocycles. The van der Waals surface area contributed by atoms with E-state index in [0.717, 1.165) is 21.1 Å². The molecule has 0 bridgehead atoms. The van der Waals surface area contributed by atoms with Gasteiger partial charge in [0.2, 0.25) is 0 Å². The summed E-state index contributed by atoms with van der Waals surface area (Å²) in [5.41, 5.74) is 7.55. The number of amidine groups is 1. The van der Waals surface area contributed by atoms with Gasteiger partial charge in [0.05, 0.1) is 7.11 Å². The number of aryl methyl sites for hydroxylation is 1. The molecule has 2 rings (SSSR count). The third-order valence-electron chi connectivity index (χ3n) is 2.70. The van der Waals surface area contributed by atoms with Gasteiger partial charge in [0.25, 0.3) is 0 Å². The standard InChI is InChI=1S/C15H16N2OS/c1-10-4-3-5-12(8-10)19-14-9-11(18-2)6-7-13(14)15(16)17/h3-9H,1-2H3,(H3,16,17). The zero-order chi connectivity index (χ0) is 13.8. The van der Waals surface area contributed by atoms with E-state index in [1.54, 1.807) is 18.9 Å². The molecule has 0 aliphatic carbocycles. The van der Waals surface area contributed by atoms with Crippen LogP contribution in [0.4, 0.5) is 0 Å². The van der Waals surface area contributed by atoms with Crippen LogP contribution in [0.5, 0.6) is 5.75 Å². The number of ether oxygens (including phenoxy) is 1. The second-order valence-corrected chi connectivity index (χ2v) is 5.31. The van der Waals surface area contributed by atoms with Crippen LogP contribution in [0.3, 0.4) is 0 Å². The number of rotatable bonds is 4. The molecule has 3 nitrogen and oxygen atoms in total. The largest absolute Gasteiger partial charge is 0.497 e. The number of methoxy groups -OCH3 is 1. The highest BCUT2D eigenvalue weighted by Gasteiger charge is 2.09. The van der Waals surface area contributed by atoms with Crippen molar-refractivity contribution in [1.29, 1.82) is 5.41 Å². The molecule has 0 aromatic heterocycles. The molecule has 19 heavy (non-hydrogen) atoms. The van der Waals surface area contributed by atoms with Crippen LogP contribution >= 0.6 is 11.8 Å². The molecule has 0 saturated carbocycles. The van der Waals surface area contributed by atoms with E-state index in [4.69, 9.17) is 15.9 Å². The fourth-order valence-electron chi connectivity index (χ4n) is 1.74. The number of hydrogen-bond donors (Lipinski definition) is 2. The Morgan fingerprint density at radius 2 is 2.00 bits per heavy atom. The van der Waals surface area contributed by atoms with Gasteiger partial charge >= 0.3 is 0 Å². The summed E-state index contributed by atoms with van der Waals surface area (Å²) >= 11 is 1.59. The zero-order valence-corrected chi connectivity index (χ0v) is 11.8. The quantitative estimate of drug-likeness (QED) is 0.662. The van der Waals surface area contributed by atoms with Crippen molar-refractivity contribution in [3.63, 3.8) is 0 Å². The molecule has 0 fully saturated rings. The summed E-state index contributed by atoms with van der Waals surface area (Å²) in [5.74, 6) is 0.831. The first-order chi connectivity index (χ1) is 9.10. The Labute approximate surface area is 117 Å². The van der Waals surface area contributed by atoms with Gasteiger partial charge in [-0.2, -0.15) is 0 Å². The minimum absolute atomic E-state index is 0.0674. The molecule has 0 spiro atoms. The predicted octanol–water partition coefficient (Wildman–Crippen LogP) is 3.44. The molecule has 0 aliphatic rings. The van der Waals surface area contributed by atoms with E-state index < -0.39 is 0 Å². The van der Waals surface area contributed by atoms with Crippen molar-refractivity contribution in [2.75, 3.05) is 7.11 Å². The van der Waals surface area contributed by atoms with Gasteiger partial charge in [0.15, 0.2) is 0 Å². The van der Waals surface area contributed by atoms with Crippen LogP contribution in [0, 0.1) is 12.3 Å². The summed E-state index contributed by atoms with van der Waals surface area (Å²) in [6.07, 6.45) is 0. The summed E-state index contributed by atoms with van der Waals surface area (Å²) in [6.45, 7) is 2.06. The smallest absolute Gasteiger partial charge is 0.123 e. The van der Waals surface area contributed by atoms with Gasteiger partial charge in [-0.3, -0.25) is 5.41 Å². The van der Waals surface area contributed by atoms with Crippen molar-refractivity contribution in [3.8, 4) is 5.75 Å². The number of nitrogen functional groups attached to an aromatic ring is 1. The van der Waals surface area contributed by atoms with Gasteiger partial charge in [-0.1, -0.05) is 29.5 Å². The van der Waals surface area contributed by atoms with Crippen LogP contribution in [0.25, 0.3) is 0 Å². The molecule has 0 atom stereocenters. The number of nitrogens with one attached hydrogen (secondary N) is 1. The molecule has 3 N–H and O–H groups in total. The van der Waals surface area contributed by atoms with Gasteiger partial charge in [-0.15, -0.1) is 0 Å². The Morgan fingerprint density at radius 1 is 1.21 bits per heavy atom. The average molecular weight is 272 g/mol. The van der Waals surface area contributed by atoms with E-state index in [0.29, 0.717) is 0 Å². The second-order valence-electron chi connectivity index (χ2n) is 4.19. The molecule has 0 aliphatic heterocycles. The minimum atomic E-state index is 0.0674. The van der Waals surface area contributed by atoms with Crippen molar-refractivity contribution < 1.29 is 4.74 Å². The van der Waals surface area contributed by atoms with E-state index in [2.05, 4.69) is 19.1 Å². The highest BCUT2D eigenvalue weighted by molar-refractivity contribution is 7.99. The third-order valence-corrected chi connectivity index (χ3v) is 3.74. The van der Waals surface area contributed by atoms with E-state index in [9.17, 15) is 0 Å². The van der Waals surface area contributed by atoms with Crippen LogP contribution < -0.4 is 10.5 Å². The van der Waals surface area contributed by atoms with Crippen LogP contribution in [0.1, 0.15) is 11.1 Å². The third kappa shape index (κ3) is 3.29. The summed E-state index contributed by atoms with van der Waals surface area (Å²) in [4.78, 5) is 2.05. The van der Waals surface area contributed by atoms with Crippen LogP contribution in [-0.2, 0) is 0 Å². The molecule has 2 aromatic carbocycles. The van der Waals surface area contributed by atoms with Crippen LogP contribution in [0.15, 0.2) is 52.3 Å². The number of benzene rings is 2. The highest BCUT2D eigenvalue weighted by atomic mass is 32.2. The molecule has 0 radical (unpaired) electrons. The van der Waals surface area contributed by atoms with Crippen molar-refractivity contribution in [2.24, 2.45) is 5.73 Å². The zero-order valence-electron chi connectivity index (χ0n) is 10.9. The van der Waals surface area contributed by atoms with Gasteiger partial charge < -0.3 is 10.5 Å². The Morgan fingerprint density at radius 3 is 2.63 bits per heavy atom. The normalized spacial score (nSPS) is 10.2. The Hall–Kier alpha value is -1.94. The summed E-state index contributed by atoms with van der Waals surface area (Å²) < 4.78 is 5.23. The lowest BCUT2D eigenvalue weighted by Crippen LogP contribution is -2.12. The topological polar surface area (TPSA) is 59.1 Å². The molecule has 0 heterocycles. The first-order valence-corrected chi connectivity index (χ1v) is 6.69. The molecule has 2 aromatic rings. The van der Waals surface area contributed by atoms with Crippen LogP contribution in [-0.4, -0.2) is 12.9 Å². The van der Waals surface area contributed by atoms with Crippen LogP contribution in [0.2, 0.25) is 0 Å². The lowest BCUT2D eigenvalue weighted by Gasteiger charge is -2.10. The summed E-state index contributed by atoms with van der Waals surface area (Å²) in [7, 11) is 1.63. The lowest BCUT2D eigenvalue weighted by molar-refractivity contribution is 0.413. The van der Waals surface area contributed by atoms with Gasteiger partial charge in [-0.25, -0.2) is 0 Å². The van der Waals surface area contributed by atoms with Gasteiger partial charge in [0, 0.05) is 15.4 Å². The molecular formula is C15H16N2OS. The summed E-state index contributed by atoms with van der Waals surface area (Å²) in [6, 6.07) is 13.8. The fraction of sp³-hybridized carbons (Fsp3) is 0.133. The molecule has 0 unspecified atom stereocenters. The van der Waals surface area contributed by atoms with Crippen molar-refractivity contribution in [2.45, 2.75) is 16.7 Å². The number of nitrogens with two attached hydrogens (primary N) is 1. The highest BCUT2D eigenvalue weighted by Crippen LogP contribution is 2.33. The molecule has 98 valence electrons. The van der Waals surface area contributed by atoms with E-state index >= 15 is 0 Å². The number of hydrogen-bond acceptors (Lipinski definition) is 3. The van der Waals surface area contributed by atoms with E-state index in [-0.39, 0.29) is 5.84 Å². The SMILES string of the molecule is COc1ccc(C(=N)N)c(Sc2cccc(C)c2)c1. The maximum atomic E-state index is 7.64. The first-order valence-electron chi connectivity index (χ1n) is 5.87. The van der Waals surface area contributed by atoms with E-state index in [1.807, 2.05) is 30.3 Å². The Balaban J connectivity index is 2.39. The minimum Gasteiger partial charge on any atom is -0.497 e. The fourth-order valence-corrected chi connectivity index (χ4v) is 2.85. The van der Waals surface area contributed by atoms with Gasteiger partial charge in [0.1, 0.15) is 11.6 Å². The summed E-state index contributed by atoms with van der Waals surface area (Å²) in [5, 5.41) is 7.64. The maximum Gasteiger partial charge on any atom is 0.123 e. The Bertz CT molecular complexity index is 611. The van der Waals surface area contributed by atoms with Crippen molar-refractivity contribution in [1.82, 2.24) is 0 Å². The Kier molecular flexibility index (Phi) is 4.12. The lowest BCUT2D eigenvalue weighted by atomic mass is 10.2. The van der Waals surface area contributed by atoms with E-state index in [1.165, 1.54) is 5.56 Å². The van der Waals surface area contributed by atoms with Crippen molar-refractivity contribution in [3.05, 3.63) is 53.6 Å². The second kappa shape index (κ2) is 5.80. The average Bonchev–Trinajstić information content (AvgIpc) is 2.38. The molecule has 4 heteroatoms.